The SMILES string of the molecule is O=C(COc1ccccc1)Oc1ccc(C(=O)OCCOC(=O)c2ccc(C(=O)OCCOC(=O)c3ccc(OC(=O)COc4ccccc4)cc3)cc2)cc1. The standard InChI is InChI=1S/C42H34O14/c43-37(27-53-33-7-3-1-4-8-33)55-35-19-15-31(16-20-35)41(47)51-25-23-49-39(45)29-11-13-30(14-12-29)40(46)50-24-26-52-42(48)32-17-21-36(22-18-32)56-38(44)28-54-34-9-5-2-6-10-34/h1-22H,23-28H2. The van der Waals surface area contributed by atoms with Crippen LogP contribution in [-0.4, -0.2) is 75.5 Å². The van der Waals surface area contributed by atoms with E-state index in [1.807, 2.05) is 12.1 Å². The smallest absolute Gasteiger partial charge is 0.349 e. The topological polar surface area (TPSA) is 176 Å². The van der Waals surface area contributed by atoms with Crippen LogP contribution in [0.2, 0.25) is 0 Å². The van der Waals surface area contributed by atoms with Crippen molar-refractivity contribution in [3.63, 3.8) is 0 Å². The number of benzene rings is 5. The minimum absolute atomic E-state index is 0.141. The molecule has 0 saturated carbocycles. The van der Waals surface area contributed by atoms with E-state index in [1.165, 1.54) is 72.8 Å². The molecule has 56 heavy (non-hydrogen) atoms. The monoisotopic (exact) mass is 762 g/mol. The van der Waals surface area contributed by atoms with Gasteiger partial charge in [0.05, 0.1) is 22.3 Å². The van der Waals surface area contributed by atoms with E-state index in [2.05, 4.69) is 0 Å². The quantitative estimate of drug-likeness (QED) is 0.0461. The molecule has 0 aliphatic rings. The van der Waals surface area contributed by atoms with Crippen molar-refractivity contribution in [3.8, 4) is 23.0 Å². The van der Waals surface area contributed by atoms with Gasteiger partial charge in [-0.2, -0.15) is 0 Å². The fourth-order valence-corrected chi connectivity index (χ4v) is 4.57. The molecule has 0 saturated heterocycles. The first kappa shape index (κ1) is 39.7. The highest BCUT2D eigenvalue weighted by Crippen LogP contribution is 2.16. The van der Waals surface area contributed by atoms with Gasteiger partial charge in [0.15, 0.2) is 13.2 Å². The van der Waals surface area contributed by atoms with Crippen molar-refractivity contribution < 1.29 is 66.7 Å². The molecular formula is C42H34O14. The Morgan fingerprint density at radius 2 is 0.589 bits per heavy atom. The van der Waals surface area contributed by atoms with Crippen molar-refractivity contribution in [2.24, 2.45) is 0 Å². The highest BCUT2D eigenvalue weighted by Gasteiger charge is 2.15. The Kier molecular flexibility index (Phi) is 14.7. The van der Waals surface area contributed by atoms with E-state index < -0.39 is 35.8 Å². The van der Waals surface area contributed by atoms with Gasteiger partial charge in [-0.25, -0.2) is 28.8 Å². The molecule has 5 aromatic rings. The Morgan fingerprint density at radius 1 is 0.321 bits per heavy atom. The molecule has 0 spiro atoms. The van der Waals surface area contributed by atoms with E-state index in [4.69, 9.17) is 37.9 Å². The first-order valence-electron chi connectivity index (χ1n) is 17.0. The molecule has 0 unspecified atom stereocenters. The summed E-state index contributed by atoms with van der Waals surface area (Å²) in [5.74, 6) is -2.53. The Hall–Kier alpha value is -7.48. The van der Waals surface area contributed by atoms with Gasteiger partial charge in [-0.15, -0.1) is 0 Å². The second kappa shape index (κ2) is 20.7. The van der Waals surface area contributed by atoms with Crippen molar-refractivity contribution in [2.75, 3.05) is 39.6 Å². The van der Waals surface area contributed by atoms with E-state index in [-0.39, 0.29) is 73.4 Å². The second-order valence-corrected chi connectivity index (χ2v) is 11.3. The summed E-state index contributed by atoms with van der Waals surface area (Å²) in [6, 6.07) is 34.4. The molecule has 286 valence electrons. The summed E-state index contributed by atoms with van der Waals surface area (Å²) in [7, 11) is 0. The molecule has 0 atom stereocenters. The lowest BCUT2D eigenvalue weighted by Gasteiger charge is -2.09. The Labute approximate surface area is 320 Å². The van der Waals surface area contributed by atoms with Crippen LogP contribution in [0.4, 0.5) is 0 Å². The maximum Gasteiger partial charge on any atom is 0.349 e. The molecule has 14 nitrogen and oxygen atoms in total. The van der Waals surface area contributed by atoms with E-state index >= 15 is 0 Å². The second-order valence-electron chi connectivity index (χ2n) is 11.3. The van der Waals surface area contributed by atoms with Crippen LogP contribution in [0.25, 0.3) is 0 Å². The summed E-state index contributed by atoms with van der Waals surface area (Å²) >= 11 is 0. The van der Waals surface area contributed by atoms with Crippen molar-refractivity contribution in [2.45, 2.75) is 0 Å². The number of esters is 6. The minimum Gasteiger partial charge on any atom is -0.482 e. The molecule has 0 heterocycles. The van der Waals surface area contributed by atoms with E-state index in [1.54, 1.807) is 48.5 Å². The maximum absolute atomic E-state index is 12.4. The van der Waals surface area contributed by atoms with Gasteiger partial charge in [0.2, 0.25) is 0 Å². The maximum atomic E-state index is 12.4. The average molecular weight is 763 g/mol. The van der Waals surface area contributed by atoms with Crippen molar-refractivity contribution in [1.29, 1.82) is 0 Å². The summed E-state index contributed by atoms with van der Waals surface area (Å²) in [5.41, 5.74) is 0.662. The molecule has 0 bridgehead atoms. The molecule has 0 fully saturated rings. The van der Waals surface area contributed by atoms with Crippen LogP contribution < -0.4 is 18.9 Å². The summed E-state index contributed by atoms with van der Waals surface area (Å²) in [6.07, 6.45) is 0. The van der Waals surface area contributed by atoms with E-state index in [9.17, 15) is 28.8 Å². The average Bonchev–Trinajstić information content (AvgIpc) is 3.23. The lowest BCUT2D eigenvalue weighted by atomic mass is 10.1. The Balaban J connectivity index is 0.932. The summed E-state index contributed by atoms with van der Waals surface area (Å²) in [4.78, 5) is 73.6. The number of carbonyl (C=O) groups excluding carboxylic acids is 6. The van der Waals surface area contributed by atoms with Gasteiger partial charge >= 0.3 is 35.8 Å². The third-order valence-corrected chi connectivity index (χ3v) is 7.30. The molecule has 0 N–H and O–H groups in total. The zero-order valence-corrected chi connectivity index (χ0v) is 29.7. The Bertz CT molecular complexity index is 1930. The van der Waals surface area contributed by atoms with Gasteiger partial charge in [0, 0.05) is 0 Å². The van der Waals surface area contributed by atoms with Gasteiger partial charge < -0.3 is 37.9 Å². The molecule has 0 aliphatic heterocycles. The normalized spacial score (nSPS) is 10.3. The van der Waals surface area contributed by atoms with Crippen molar-refractivity contribution in [3.05, 3.63) is 156 Å². The van der Waals surface area contributed by atoms with Crippen LogP contribution in [0.3, 0.4) is 0 Å². The molecule has 14 heteroatoms. The van der Waals surface area contributed by atoms with Crippen LogP contribution in [0.15, 0.2) is 133 Å². The predicted octanol–water partition coefficient (Wildman–Crippen LogP) is 5.68. The lowest BCUT2D eigenvalue weighted by molar-refractivity contribution is -0.137. The zero-order chi connectivity index (χ0) is 39.5. The van der Waals surface area contributed by atoms with Crippen LogP contribution in [0.1, 0.15) is 41.4 Å². The van der Waals surface area contributed by atoms with Crippen LogP contribution in [0.5, 0.6) is 23.0 Å². The van der Waals surface area contributed by atoms with Gasteiger partial charge in [0.1, 0.15) is 49.4 Å². The highest BCUT2D eigenvalue weighted by atomic mass is 16.6. The fraction of sp³-hybridized carbons (Fsp3) is 0.143. The number of hydrogen-bond donors (Lipinski definition) is 0. The van der Waals surface area contributed by atoms with Crippen LogP contribution in [0, 0.1) is 0 Å². The van der Waals surface area contributed by atoms with Crippen LogP contribution in [-0.2, 0) is 28.5 Å². The predicted molar refractivity (Wildman–Crippen MR) is 196 cm³/mol. The van der Waals surface area contributed by atoms with Crippen LogP contribution >= 0.6 is 0 Å². The molecule has 0 amide bonds. The number of hydrogen-bond acceptors (Lipinski definition) is 14. The molecule has 0 aromatic heterocycles. The third-order valence-electron chi connectivity index (χ3n) is 7.30. The third kappa shape index (κ3) is 12.9. The molecule has 5 rings (SSSR count). The fourth-order valence-electron chi connectivity index (χ4n) is 4.57. The van der Waals surface area contributed by atoms with Gasteiger partial charge in [-0.3, -0.25) is 0 Å². The van der Waals surface area contributed by atoms with E-state index in [0.29, 0.717) is 11.5 Å². The lowest BCUT2D eigenvalue weighted by Crippen LogP contribution is -2.18. The number of ether oxygens (including phenoxy) is 8. The first-order chi connectivity index (χ1) is 27.2. The van der Waals surface area contributed by atoms with Gasteiger partial charge in [-0.05, 0) is 97.1 Å². The van der Waals surface area contributed by atoms with Crippen molar-refractivity contribution >= 4 is 35.8 Å². The largest absolute Gasteiger partial charge is 0.482 e. The first-order valence-corrected chi connectivity index (χ1v) is 17.0. The zero-order valence-electron chi connectivity index (χ0n) is 29.7. The summed E-state index contributed by atoms with van der Waals surface area (Å²) in [5, 5.41) is 0. The van der Waals surface area contributed by atoms with E-state index in [0.717, 1.165) is 0 Å². The molecule has 5 aromatic carbocycles. The molecule has 0 radical (unpaired) electrons. The molecule has 0 aliphatic carbocycles. The minimum atomic E-state index is -0.710. The Morgan fingerprint density at radius 3 is 0.875 bits per heavy atom. The number of carbonyl (C=O) groups is 6. The van der Waals surface area contributed by atoms with Crippen molar-refractivity contribution in [1.82, 2.24) is 0 Å². The molecular weight excluding hydrogens is 728 g/mol. The number of rotatable bonds is 18. The highest BCUT2D eigenvalue weighted by molar-refractivity contribution is 5.93. The summed E-state index contributed by atoms with van der Waals surface area (Å²) < 4.78 is 41.6. The van der Waals surface area contributed by atoms with Gasteiger partial charge in [0.25, 0.3) is 0 Å². The number of para-hydroxylation sites is 2. The van der Waals surface area contributed by atoms with Gasteiger partial charge in [-0.1, -0.05) is 36.4 Å². The summed E-state index contributed by atoms with van der Waals surface area (Å²) in [6.45, 7) is -1.49.